The molecular weight excluding hydrogens is 136 g/mol. The van der Waals surface area contributed by atoms with Crippen molar-refractivity contribution in [1.82, 2.24) is 0 Å². The Morgan fingerprint density at radius 1 is 1.45 bits per heavy atom. The monoisotopic (exact) mass is 156 g/mol. The fraction of sp³-hybridized carbons (Fsp3) is 0.800. The van der Waals surface area contributed by atoms with E-state index in [-0.39, 0.29) is 6.10 Å². The highest BCUT2D eigenvalue weighted by Crippen LogP contribution is 2.21. The van der Waals surface area contributed by atoms with Crippen LogP contribution >= 0.6 is 0 Å². The molecule has 0 amide bonds. The van der Waals surface area contributed by atoms with Gasteiger partial charge in [-0.05, 0) is 24.7 Å². The second-order valence-corrected chi connectivity index (χ2v) is 3.41. The van der Waals surface area contributed by atoms with Gasteiger partial charge in [0, 0.05) is 0 Å². The maximum atomic E-state index is 9.57. The van der Waals surface area contributed by atoms with E-state index in [1.54, 1.807) is 0 Å². The van der Waals surface area contributed by atoms with E-state index in [0.717, 1.165) is 12.8 Å². The topological polar surface area (TPSA) is 20.2 Å². The molecule has 0 aliphatic rings. The molecule has 0 aromatic heterocycles. The van der Waals surface area contributed by atoms with E-state index in [1.165, 1.54) is 0 Å². The smallest absolute Gasteiger partial charge is 0.0571 e. The standard InChI is InChI=1S/C10H20O/c1-5-7-9(8(3)4)10(11)6-2/h5,8-11H,1,6-7H2,2-4H3/t9-,10+/m1/s1. The Hall–Kier alpha value is -0.300. The Balaban J connectivity index is 3.96. The number of hydrogen-bond acceptors (Lipinski definition) is 1. The van der Waals surface area contributed by atoms with E-state index < -0.39 is 0 Å². The summed E-state index contributed by atoms with van der Waals surface area (Å²) in [6, 6.07) is 0. The molecule has 0 heterocycles. The second-order valence-electron chi connectivity index (χ2n) is 3.41. The Labute approximate surface area is 70.1 Å². The predicted molar refractivity (Wildman–Crippen MR) is 49.4 cm³/mol. The minimum absolute atomic E-state index is 0.159. The fourth-order valence-corrected chi connectivity index (χ4v) is 1.37. The number of aliphatic hydroxyl groups excluding tert-OH is 1. The highest BCUT2D eigenvalue weighted by molar-refractivity contribution is 4.79. The van der Waals surface area contributed by atoms with Gasteiger partial charge in [0.25, 0.3) is 0 Å². The van der Waals surface area contributed by atoms with Gasteiger partial charge in [0.15, 0.2) is 0 Å². The van der Waals surface area contributed by atoms with Gasteiger partial charge in [-0.15, -0.1) is 6.58 Å². The van der Waals surface area contributed by atoms with Crippen LogP contribution in [0.15, 0.2) is 12.7 Å². The van der Waals surface area contributed by atoms with Gasteiger partial charge >= 0.3 is 0 Å². The lowest BCUT2D eigenvalue weighted by Gasteiger charge is -2.24. The van der Waals surface area contributed by atoms with Crippen LogP contribution in [0.2, 0.25) is 0 Å². The maximum Gasteiger partial charge on any atom is 0.0571 e. The Bertz CT molecular complexity index is 107. The molecule has 0 rings (SSSR count). The summed E-state index contributed by atoms with van der Waals surface area (Å²) in [7, 11) is 0. The van der Waals surface area contributed by atoms with Crippen molar-refractivity contribution >= 4 is 0 Å². The first-order chi connectivity index (χ1) is 5.13. The molecule has 66 valence electrons. The van der Waals surface area contributed by atoms with Gasteiger partial charge in [-0.1, -0.05) is 26.8 Å². The number of rotatable bonds is 5. The number of allylic oxidation sites excluding steroid dienone is 1. The van der Waals surface area contributed by atoms with Crippen molar-refractivity contribution in [3.05, 3.63) is 12.7 Å². The predicted octanol–water partition coefficient (Wildman–Crippen LogP) is 2.61. The third-order valence-corrected chi connectivity index (χ3v) is 2.21. The van der Waals surface area contributed by atoms with Gasteiger partial charge in [0.2, 0.25) is 0 Å². The van der Waals surface area contributed by atoms with Crippen LogP contribution in [0.3, 0.4) is 0 Å². The molecule has 0 radical (unpaired) electrons. The van der Waals surface area contributed by atoms with Crippen LogP contribution in [-0.2, 0) is 0 Å². The van der Waals surface area contributed by atoms with Crippen molar-refractivity contribution in [3.8, 4) is 0 Å². The molecule has 1 N–H and O–H groups in total. The molecule has 0 saturated heterocycles. The fourth-order valence-electron chi connectivity index (χ4n) is 1.37. The minimum atomic E-state index is -0.159. The quantitative estimate of drug-likeness (QED) is 0.607. The third-order valence-electron chi connectivity index (χ3n) is 2.21. The zero-order chi connectivity index (χ0) is 8.85. The molecule has 1 nitrogen and oxygen atoms in total. The molecular formula is C10H20O. The highest BCUT2D eigenvalue weighted by Gasteiger charge is 2.19. The Morgan fingerprint density at radius 3 is 2.27 bits per heavy atom. The largest absolute Gasteiger partial charge is 0.393 e. The van der Waals surface area contributed by atoms with E-state index in [0.29, 0.717) is 11.8 Å². The summed E-state index contributed by atoms with van der Waals surface area (Å²) in [4.78, 5) is 0. The summed E-state index contributed by atoms with van der Waals surface area (Å²) in [6.07, 6.45) is 3.50. The van der Waals surface area contributed by atoms with Crippen LogP contribution in [0.4, 0.5) is 0 Å². The van der Waals surface area contributed by atoms with Crippen molar-refractivity contribution in [2.75, 3.05) is 0 Å². The van der Waals surface area contributed by atoms with Crippen molar-refractivity contribution < 1.29 is 5.11 Å². The first-order valence-electron chi connectivity index (χ1n) is 4.42. The van der Waals surface area contributed by atoms with Gasteiger partial charge in [0.05, 0.1) is 6.10 Å². The van der Waals surface area contributed by atoms with Crippen molar-refractivity contribution in [2.45, 2.75) is 39.7 Å². The lowest BCUT2D eigenvalue weighted by atomic mass is 9.86. The normalized spacial score (nSPS) is 16.5. The zero-order valence-electron chi connectivity index (χ0n) is 7.88. The minimum Gasteiger partial charge on any atom is -0.393 e. The first-order valence-corrected chi connectivity index (χ1v) is 4.42. The van der Waals surface area contributed by atoms with Crippen LogP contribution in [0.1, 0.15) is 33.6 Å². The van der Waals surface area contributed by atoms with E-state index in [9.17, 15) is 5.11 Å². The number of hydrogen-bond donors (Lipinski definition) is 1. The molecule has 0 aromatic carbocycles. The van der Waals surface area contributed by atoms with Crippen molar-refractivity contribution in [3.63, 3.8) is 0 Å². The maximum absolute atomic E-state index is 9.57. The summed E-state index contributed by atoms with van der Waals surface area (Å²) in [6.45, 7) is 10.00. The summed E-state index contributed by atoms with van der Waals surface area (Å²) in [5.41, 5.74) is 0. The second kappa shape index (κ2) is 5.36. The van der Waals surface area contributed by atoms with E-state index >= 15 is 0 Å². The van der Waals surface area contributed by atoms with Crippen molar-refractivity contribution in [1.29, 1.82) is 0 Å². The zero-order valence-corrected chi connectivity index (χ0v) is 7.88. The molecule has 11 heavy (non-hydrogen) atoms. The molecule has 0 aliphatic carbocycles. The van der Waals surface area contributed by atoms with Gasteiger partial charge in [-0.2, -0.15) is 0 Å². The summed E-state index contributed by atoms with van der Waals surface area (Å²) >= 11 is 0. The van der Waals surface area contributed by atoms with Crippen LogP contribution < -0.4 is 0 Å². The molecule has 0 saturated carbocycles. The first kappa shape index (κ1) is 10.7. The van der Waals surface area contributed by atoms with Crippen LogP contribution in [0.5, 0.6) is 0 Å². The molecule has 0 bridgehead atoms. The molecule has 0 aromatic rings. The van der Waals surface area contributed by atoms with Gasteiger partial charge in [0.1, 0.15) is 0 Å². The lowest BCUT2D eigenvalue weighted by Crippen LogP contribution is -2.23. The van der Waals surface area contributed by atoms with Gasteiger partial charge < -0.3 is 5.11 Å². The van der Waals surface area contributed by atoms with Crippen molar-refractivity contribution in [2.24, 2.45) is 11.8 Å². The summed E-state index contributed by atoms with van der Waals surface area (Å²) < 4.78 is 0. The molecule has 2 atom stereocenters. The van der Waals surface area contributed by atoms with Crippen LogP contribution in [-0.4, -0.2) is 11.2 Å². The molecule has 0 aliphatic heterocycles. The van der Waals surface area contributed by atoms with Crippen LogP contribution in [0, 0.1) is 11.8 Å². The average Bonchev–Trinajstić information content (AvgIpc) is 1.98. The Kier molecular flexibility index (Phi) is 5.22. The lowest BCUT2D eigenvalue weighted by molar-refractivity contribution is 0.0796. The number of aliphatic hydroxyl groups is 1. The Morgan fingerprint density at radius 2 is 2.00 bits per heavy atom. The van der Waals surface area contributed by atoms with E-state index in [4.69, 9.17) is 0 Å². The SMILES string of the molecule is C=CC[C@H](C(C)C)[C@@H](O)CC. The molecule has 1 heteroatoms. The van der Waals surface area contributed by atoms with Gasteiger partial charge in [-0.3, -0.25) is 0 Å². The average molecular weight is 156 g/mol. The summed E-state index contributed by atoms with van der Waals surface area (Å²) in [5, 5.41) is 9.57. The van der Waals surface area contributed by atoms with Gasteiger partial charge in [-0.25, -0.2) is 0 Å². The third kappa shape index (κ3) is 3.57. The van der Waals surface area contributed by atoms with E-state index in [1.807, 2.05) is 13.0 Å². The molecule has 0 unspecified atom stereocenters. The van der Waals surface area contributed by atoms with E-state index in [2.05, 4.69) is 20.4 Å². The molecule has 0 spiro atoms. The van der Waals surface area contributed by atoms with Crippen LogP contribution in [0.25, 0.3) is 0 Å². The molecule has 0 fully saturated rings. The summed E-state index contributed by atoms with van der Waals surface area (Å²) in [5.74, 6) is 0.931. The highest BCUT2D eigenvalue weighted by atomic mass is 16.3.